The molecule has 0 radical (unpaired) electrons. The van der Waals surface area contributed by atoms with Gasteiger partial charge >= 0.3 is 0 Å². The Labute approximate surface area is 176 Å². The van der Waals surface area contributed by atoms with Crippen molar-refractivity contribution in [3.8, 4) is 0 Å². The van der Waals surface area contributed by atoms with Gasteiger partial charge in [-0.2, -0.15) is 4.31 Å². The lowest BCUT2D eigenvalue weighted by molar-refractivity contribution is -0.0480. The molecule has 0 unspecified atom stereocenters. The minimum absolute atomic E-state index is 0.0184. The molecule has 0 atom stereocenters. The third-order valence-electron chi connectivity index (χ3n) is 5.08. The van der Waals surface area contributed by atoms with Crippen LogP contribution in [0.25, 0.3) is 0 Å². The second kappa shape index (κ2) is 8.46. The number of aliphatic hydroxyl groups is 2. The maximum atomic E-state index is 13.4. The van der Waals surface area contributed by atoms with Gasteiger partial charge in [-0.1, -0.05) is 0 Å². The minimum Gasteiger partial charge on any atom is -0.398 e. The van der Waals surface area contributed by atoms with E-state index in [9.17, 15) is 36.6 Å². The fraction of sp³-hybridized carbons (Fsp3) is 0.316. The molecule has 1 fully saturated rings. The zero-order valence-electron chi connectivity index (χ0n) is 16.1. The number of nitrogens with two attached hydrogens (primary N) is 1. The number of nitrogen functional groups attached to an aromatic ring is 1. The van der Waals surface area contributed by atoms with Crippen LogP contribution < -0.4 is 11.1 Å². The number of anilines is 2. The van der Waals surface area contributed by atoms with Gasteiger partial charge in [0.1, 0.15) is 4.90 Å². The molecule has 0 saturated carbocycles. The number of amides is 1. The number of carbonyl (C=O) groups is 1. The molecule has 1 amide bonds. The molecule has 1 heterocycles. The first-order valence-electron chi connectivity index (χ1n) is 9.16. The largest absolute Gasteiger partial charge is 0.398 e. The summed E-state index contributed by atoms with van der Waals surface area (Å²) in [6, 6.07) is 4.61. The lowest BCUT2D eigenvalue weighted by Gasteiger charge is -2.36. The highest BCUT2D eigenvalue weighted by Crippen LogP contribution is 2.29. The number of nitrogens with one attached hydrogen (secondary N) is 1. The summed E-state index contributed by atoms with van der Waals surface area (Å²) >= 11 is 0. The summed E-state index contributed by atoms with van der Waals surface area (Å²) in [5.74, 6) is -5.57. The van der Waals surface area contributed by atoms with Crippen LogP contribution in [0.4, 0.5) is 24.5 Å². The van der Waals surface area contributed by atoms with Crippen LogP contribution in [0.5, 0.6) is 0 Å². The molecular weight excluding hydrogens is 439 g/mol. The molecule has 8 nitrogen and oxygen atoms in total. The highest BCUT2D eigenvalue weighted by atomic mass is 32.2. The van der Waals surface area contributed by atoms with E-state index >= 15 is 0 Å². The summed E-state index contributed by atoms with van der Waals surface area (Å²) in [6.07, 6.45) is 0.0367. The van der Waals surface area contributed by atoms with Crippen molar-refractivity contribution in [1.82, 2.24) is 4.31 Å². The van der Waals surface area contributed by atoms with Crippen molar-refractivity contribution in [1.29, 1.82) is 0 Å². The number of carbonyl (C=O) groups excluding carboxylic acids is 1. The van der Waals surface area contributed by atoms with E-state index in [-0.39, 0.29) is 47.8 Å². The highest BCUT2D eigenvalue weighted by molar-refractivity contribution is 7.89. The standard InChI is InChI=1S/C19H20F3N3O5S/c20-13-8-12(9-14(21)17(13)22)24-18(27)11-1-2-15(23)16(7-11)31(29,30)25-5-3-19(28,10-26)4-6-25/h1-2,7-9,26,28H,3-6,10,23H2,(H,24,27). The summed E-state index contributed by atoms with van der Waals surface area (Å²) in [7, 11) is -4.13. The molecule has 2 aromatic rings. The van der Waals surface area contributed by atoms with Gasteiger partial charge in [-0.15, -0.1) is 0 Å². The van der Waals surface area contributed by atoms with Crippen LogP contribution in [0.1, 0.15) is 23.2 Å². The molecule has 2 aromatic carbocycles. The fourth-order valence-corrected chi connectivity index (χ4v) is 4.75. The van der Waals surface area contributed by atoms with Crippen molar-refractivity contribution in [2.24, 2.45) is 0 Å². The fourth-order valence-electron chi connectivity index (χ4n) is 3.17. The summed E-state index contributed by atoms with van der Waals surface area (Å²) in [5, 5.41) is 21.5. The number of sulfonamides is 1. The maximum absolute atomic E-state index is 13.4. The van der Waals surface area contributed by atoms with E-state index in [0.29, 0.717) is 12.1 Å². The normalized spacial score (nSPS) is 16.8. The van der Waals surface area contributed by atoms with Crippen LogP contribution in [-0.2, 0) is 10.0 Å². The van der Waals surface area contributed by atoms with Gasteiger partial charge in [-0.25, -0.2) is 21.6 Å². The van der Waals surface area contributed by atoms with Crippen molar-refractivity contribution >= 4 is 27.3 Å². The van der Waals surface area contributed by atoms with E-state index in [1.165, 1.54) is 12.1 Å². The number of benzene rings is 2. The second-order valence-electron chi connectivity index (χ2n) is 7.25. The Hall–Kier alpha value is -2.67. The van der Waals surface area contributed by atoms with Gasteiger partial charge in [0.15, 0.2) is 17.5 Å². The number of hydrogen-bond donors (Lipinski definition) is 4. The predicted octanol–water partition coefficient (Wildman–Crippen LogP) is 1.45. The predicted molar refractivity (Wildman–Crippen MR) is 105 cm³/mol. The van der Waals surface area contributed by atoms with Crippen molar-refractivity contribution < 1.29 is 36.6 Å². The minimum atomic E-state index is -4.13. The smallest absolute Gasteiger partial charge is 0.255 e. The zero-order chi connectivity index (χ0) is 23.0. The molecule has 3 rings (SSSR count). The van der Waals surface area contributed by atoms with E-state index in [4.69, 9.17) is 5.73 Å². The Morgan fingerprint density at radius 2 is 1.71 bits per heavy atom. The number of piperidine rings is 1. The van der Waals surface area contributed by atoms with Crippen molar-refractivity contribution in [3.05, 3.63) is 53.3 Å². The van der Waals surface area contributed by atoms with E-state index in [2.05, 4.69) is 5.32 Å². The lowest BCUT2D eigenvalue weighted by atomic mass is 9.94. The van der Waals surface area contributed by atoms with E-state index in [1.807, 2.05) is 0 Å². The molecule has 168 valence electrons. The summed E-state index contributed by atoms with van der Waals surface area (Å²) < 4.78 is 66.8. The number of hydrogen-bond acceptors (Lipinski definition) is 6. The molecule has 1 aliphatic heterocycles. The Kier molecular flexibility index (Phi) is 6.28. The van der Waals surface area contributed by atoms with Crippen LogP contribution in [0.2, 0.25) is 0 Å². The molecule has 0 aliphatic carbocycles. The topological polar surface area (TPSA) is 133 Å². The lowest BCUT2D eigenvalue weighted by Crippen LogP contribution is -2.48. The monoisotopic (exact) mass is 459 g/mol. The van der Waals surface area contributed by atoms with Crippen molar-refractivity contribution in [3.63, 3.8) is 0 Å². The SMILES string of the molecule is Nc1ccc(C(=O)Nc2cc(F)c(F)c(F)c2)cc1S(=O)(=O)N1CCC(O)(CO)CC1. The van der Waals surface area contributed by atoms with Gasteiger partial charge in [0.25, 0.3) is 5.91 Å². The van der Waals surface area contributed by atoms with Gasteiger partial charge in [-0.05, 0) is 31.0 Å². The van der Waals surface area contributed by atoms with Crippen LogP contribution in [0, 0.1) is 17.5 Å². The number of halogens is 3. The Balaban J connectivity index is 1.85. The third kappa shape index (κ3) is 4.66. The van der Waals surface area contributed by atoms with Crippen LogP contribution >= 0.6 is 0 Å². The van der Waals surface area contributed by atoms with Crippen LogP contribution in [0.3, 0.4) is 0 Å². The Morgan fingerprint density at radius 3 is 2.26 bits per heavy atom. The molecule has 12 heteroatoms. The zero-order valence-corrected chi connectivity index (χ0v) is 16.9. The average molecular weight is 459 g/mol. The number of aliphatic hydroxyl groups excluding tert-OH is 1. The van der Waals surface area contributed by atoms with Crippen LogP contribution in [0.15, 0.2) is 35.2 Å². The third-order valence-corrected chi connectivity index (χ3v) is 7.04. The average Bonchev–Trinajstić information content (AvgIpc) is 2.72. The first-order valence-corrected chi connectivity index (χ1v) is 10.6. The molecular formula is C19H20F3N3O5S. The number of rotatable bonds is 5. The second-order valence-corrected chi connectivity index (χ2v) is 9.15. The Morgan fingerprint density at radius 1 is 1.13 bits per heavy atom. The number of nitrogens with zero attached hydrogens (tertiary/aromatic N) is 1. The summed E-state index contributed by atoms with van der Waals surface area (Å²) in [5.41, 5.74) is 3.79. The van der Waals surface area contributed by atoms with E-state index < -0.39 is 45.6 Å². The molecule has 0 aromatic heterocycles. The molecule has 1 saturated heterocycles. The first kappa shape index (κ1) is 23.0. The van der Waals surface area contributed by atoms with Crippen molar-refractivity contribution in [2.75, 3.05) is 30.7 Å². The van der Waals surface area contributed by atoms with E-state index in [0.717, 1.165) is 10.4 Å². The molecule has 0 bridgehead atoms. The van der Waals surface area contributed by atoms with Gasteiger partial charge < -0.3 is 21.3 Å². The molecule has 31 heavy (non-hydrogen) atoms. The highest BCUT2D eigenvalue weighted by Gasteiger charge is 2.37. The summed E-state index contributed by atoms with van der Waals surface area (Å²) in [6.45, 7) is -0.629. The summed E-state index contributed by atoms with van der Waals surface area (Å²) in [4.78, 5) is 12.1. The van der Waals surface area contributed by atoms with E-state index in [1.54, 1.807) is 0 Å². The van der Waals surface area contributed by atoms with Gasteiger partial charge in [0.2, 0.25) is 10.0 Å². The van der Waals surface area contributed by atoms with Crippen LogP contribution in [-0.4, -0.2) is 54.1 Å². The molecule has 1 aliphatic rings. The Bertz CT molecular complexity index is 1100. The quantitative estimate of drug-likeness (QED) is 0.395. The first-order chi connectivity index (χ1) is 14.5. The maximum Gasteiger partial charge on any atom is 0.255 e. The van der Waals surface area contributed by atoms with Gasteiger partial charge in [-0.3, -0.25) is 4.79 Å². The molecule has 5 N–H and O–H groups in total. The molecule has 0 spiro atoms. The van der Waals surface area contributed by atoms with Crippen molar-refractivity contribution in [2.45, 2.75) is 23.3 Å². The van der Waals surface area contributed by atoms with Gasteiger partial charge in [0.05, 0.1) is 17.9 Å². The van der Waals surface area contributed by atoms with Gasteiger partial charge in [0, 0.05) is 36.5 Å².